The van der Waals surface area contributed by atoms with Crippen LogP contribution in [0.1, 0.15) is 31.4 Å². The molecule has 0 bridgehead atoms. The van der Waals surface area contributed by atoms with Gasteiger partial charge in [0.2, 0.25) is 0 Å². The molecule has 4 heteroatoms. The van der Waals surface area contributed by atoms with E-state index < -0.39 is 0 Å². The molecule has 0 aromatic heterocycles. The standard InChI is InChI=1S/C12H16FNO.ClH/c1-8(14)10-3-2-4-11(12(10)13)15-7-9-5-6-9;/h2-4,8-9H,5-7,14H2,1H3;1H. The van der Waals surface area contributed by atoms with Gasteiger partial charge in [0.25, 0.3) is 0 Å². The molecule has 0 amide bonds. The van der Waals surface area contributed by atoms with E-state index in [-0.39, 0.29) is 24.3 Å². The summed E-state index contributed by atoms with van der Waals surface area (Å²) in [5, 5.41) is 0. The molecule has 2 nitrogen and oxygen atoms in total. The minimum atomic E-state index is -0.312. The van der Waals surface area contributed by atoms with Crippen LogP contribution in [-0.4, -0.2) is 6.61 Å². The molecule has 2 rings (SSSR count). The van der Waals surface area contributed by atoms with E-state index >= 15 is 0 Å². The molecule has 1 atom stereocenters. The summed E-state index contributed by atoms with van der Waals surface area (Å²) in [5.74, 6) is 0.646. The second kappa shape index (κ2) is 5.51. The summed E-state index contributed by atoms with van der Waals surface area (Å²) in [6, 6.07) is 4.84. The lowest BCUT2D eigenvalue weighted by Gasteiger charge is -2.11. The molecule has 2 N–H and O–H groups in total. The van der Waals surface area contributed by atoms with Crippen LogP contribution in [0, 0.1) is 11.7 Å². The van der Waals surface area contributed by atoms with E-state index in [4.69, 9.17) is 10.5 Å². The van der Waals surface area contributed by atoms with Gasteiger partial charge >= 0.3 is 0 Å². The summed E-state index contributed by atoms with van der Waals surface area (Å²) in [7, 11) is 0. The minimum absolute atomic E-state index is 0. The number of ether oxygens (including phenoxy) is 1. The van der Waals surface area contributed by atoms with Crippen LogP contribution in [0.5, 0.6) is 5.75 Å². The third-order valence-corrected chi connectivity index (χ3v) is 2.66. The monoisotopic (exact) mass is 245 g/mol. The second-order valence-corrected chi connectivity index (χ2v) is 4.20. The number of hydrogen-bond acceptors (Lipinski definition) is 2. The molecule has 1 aliphatic rings. The maximum absolute atomic E-state index is 13.8. The zero-order chi connectivity index (χ0) is 10.8. The number of benzene rings is 1. The van der Waals surface area contributed by atoms with Crippen LogP contribution in [-0.2, 0) is 0 Å². The number of rotatable bonds is 4. The Morgan fingerprint density at radius 3 is 2.75 bits per heavy atom. The van der Waals surface area contributed by atoms with Gasteiger partial charge in [0.1, 0.15) is 0 Å². The van der Waals surface area contributed by atoms with Gasteiger partial charge in [-0.15, -0.1) is 12.4 Å². The van der Waals surface area contributed by atoms with Gasteiger partial charge < -0.3 is 10.5 Å². The van der Waals surface area contributed by atoms with Crippen molar-refractivity contribution in [3.63, 3.8) is 0 Å². The van der Waals surface area contributed by atoms with E-state index in [9.17, 15) is 4.39 Å². The largest absolute Gasteiger partial charge is 0.490 e. The van der Waals surface area contributed by atoms with Gasteiger partial charge in [-0.2, -0.15) is 0 Å². The highest BCUT2D eigenvalue weighted by atomic mass is 35.5. The van der Waals surface area contributed by atoms with E-state index in [1.54, 1.807) is 25.1 Å². The fraction of sp³-hybridized carbons (Fsp3) is 0.500. The molecule has 0 radical (unpaired) electrons. The van der Waals surface area contributed by atoms with Crippen molar-refractivity contribution in [2.24, 2.45) is 11.7 Å². The number of nitrogens with two attached hydrogens (primary N) is 1. The lowest BCUT2D eigenvalue weighted by Crippen LogP contribution is -2.09. The molecule has 90 valence electrons. The van der Waals surface area contributed by atoms with Crippen molar-refractivity contribution >= 4 is 12.4 Å². The van der Waals surface area contributed by atoms with Gasteiger partial charge in [0, 0.05) is 11.6 Å². The summed E-state index contributed by atoms with van der Waals surface area (Å²) in [6.07, 6.45) is 2.41. The van der Waals surface area contributed by atoms with Crippen molar-refractivity contribution in [3.05, 3.63) is 29.6 Å². The van der Waals surface area contributed by atoms with Crippen molar-refractivity contribution in [1.29, 1.82) is 0 Å². The van der Waals surface area contributed by atoms with Crippen molar-refractivity contribution in [2.75, 3.05) is 6.61 Å². The molecule has 1 fully saturated rings. The Labute approximate surface area is 101 Å². The molecular formula is C12H17ClFNO. The summed E-state index contributed by atoms with van der Waals surface area (Å²) in [4.78, 5) is 0. The Morgan fingerprint density at radius 1 is 1.50 bits per heavy atom. The predicted octanol–water partition coefficient (Wildman–Crippen LogP) is 3.06. The topological polar surface area (TPSA) is 35.2 Å². The lowest BCUT2D eigenvalue weighted by atomic mass is 10.1. The molecule has 0 aliphatic heterocycles. The molecule has 0 spiro atoms. The Hall–Kier alpha value is -0.800. The third-order valence-electron chi connectivity index (χ3n) is 2.66. The summed E-state index contributed by atoms with van der Waals surface area (Å²) < 4.78 is 19.2. The first-order chi connectivity index (χ1) is 7.18. The van der Waals surface area contributed by atoms with Crippen LogP contribution >= 0.6 is 12.4 Å². The molecule has 1 aliphatic carbocycles. The molecule has 16 heavy (non-hydrogen) atoms. The summed E-state index contributed by atoms with van der Waals surface area (Å²) >= 11 is 0. The maximum atomic E-state index is 13.8. The average Bonchev–Trinajstić information content (AvgIpc) is 2.99. The zero-order valence-electron chi connectivity index (χ0n) is 9.28. The molecule has 1 unspecified atom stereocenters. The zero-order valence-corrected chi connectivity index (χ0v) is 10.1. The Bertz CT molecular complexity index is 353. The van der Waals surface area contributed by atoms with Crippen LogP contribution in [0.2, 0.25) is 0 Å². The van der Waals surface area contributed by atoms with E-state index in [1.165, 1.54) is 12.8 Å². The maximum Gasteiger partial charge on any atom is 0.169 e. The Balaban J connectivity index is 0.00000128. The highest BCUT2D eigenvalue weighted by molar-refractivity contribution is 5.85. The average molecular weight is 246 g/mol. The van der Waals surface area contributed by atoms with Crippen LogP contribution in [0.3, 0.4) is 0 Å². The normalized spacial score (nSPS) is 16.4. The van der Waals surface area contributed by atoms with Crippen LogP contribution in [0.15, 0.2) is 18.2 Å². The molecule has 1 aromatic carbocycles. The summed E-state index contributed by atoms with van der Waals surface area (Å²) in [6.45, 7) is 2.39. The molecule has 1 saturated carbocycles. The van der Waals surface area contributed by atoms with Crippen molar-refractivity contribution in [3.8, 4) is 5.75 Å². The third kappa shape index (κ3) is 3.09. The number of hydrogen-bond donors (Lipinski definition) is 1. The Kier molecular flexibility index (Phi) is 4.56. The van der Waals surface area contributed by atoms with Gasteiger partial charge in [0.15, 0.2) is 11.6 Å². The Morgan fingerprint density at radius 2 is 2.19 bits per heavy atom. The van der Waals surface area contributed by atoms with Gasteiger partial charge in [0.05, 0.1) is 6.61 Å². The first-order valence-electron chi connectivity index (χ1n) is 5.35. The second-order valence-electron chi connectivity index (χ2n) is 4.20. The van der Waals surface area contributed by atoms with Crippen molar-refractivity contribution in [1.82, 2.24) is 0 Å². The first kappa shape index (κ1) is 13.3. The van der Waals surface area contributed by atoms with Crippen molar-refractivity contribution < 1.29 is 9.13 Å². The van der Waals surface area contributed by atoms with Gasteiger partial charge in [-0.1, -0.05) is 12.1 Å². The fourth-order valence-corrected chi connectivity index (χ4v) is 1.48. The van der Waals surface area contributed by atoms with E-state index in [1.807, 2.05) is 0 Å². The smallest absolute Gasteiger partial charge is 0.169 e. The fourth-order valence-electron chi connectivity index (χ4n) is 1.48. The number of halogens is 2. The van der Waals surface area contributed by atoms with Gasteiger partial charge in [-0.25, -0.2) is 4.39 Å². The van der Waals surface area contributed by atoms with Crippen LogP contribution in [0.4, 0.5) is 4.39 Å². The minimum Gasteiger partial charge on any atom is -0.490 e. The van der Waals surface area contributed by atoms with Gasteiger partial charge in [-0.05, 0) is 31.7 Å². The highest BCUT2D eigenvalue weighted by Gasteiger charge is 2.23. The first-order valence-corrected chi connectivity index (χ1v) is 5.35. The molecule has 1 aromatic rings. The molecule has 0 saturated heterocycles. The van der Waals surface area contributed by atoms with E-state index in [0.717, 1.165) is 0 Å². The van der Waals surface area contributed by atoms with E-state index in [2.05, 4.69) is 0 Å². The lowest BCUT2D eigenvalue weighted by molar-refractivity contribution is 0.284. The quantitative estimate of drug-likeness (QED) is 0.885. The van der Waals surface area contributed by atoms with Crippen LogP contribution in [0.25, 0.3) is 0 Å². The highest BCUT2D eigenvalue weighted by Crippen LogP contribution is 2.31. The summed E-state index contributed by atoms with van der Waals surface area (Å²) in [5.41, 5.74) is 6.17. The predicted molar refractivity (Wildman–Crippen MR) is 64.5 cm³/mol. The van der Waals surface area contributed by atoms with Gasteiger partial charge in [-0.3, -0.25) is 0 Å². The molecule has 0 heterocycles. The SMILES string of the molecule is CC(N)c1cccc(OCC2CC2)c1F.Cl. The van der Waals surface area contributed by atoms with E-state index in [0.29, 0.717) is 23.8 Å². The van der Waals surface area contributed by atoms with Crippen molar-refractivity contribution in [2.45, 2.75) is 25.8 Å². The molecular weight excluding hydrogens is 229 g/mol. The van der Waals surface area contributed by atoms with Crippen LogP contribution < -0.4 is 10.5 Å².